The first-order valence-corrected chi connectivity index (χ1v) is 8.39. The minimum absolute atomic E-state index is 0.150. The molecule has 0 saturated heterocycles. The first-order chi connectivity index (χ1) is 12.5. The van der Waals surface area contributed by atoms with Gasteiger partial charge in [-0.1, -0.05) is 17.3 Å². The zero-order valence-electron chi connectivity index (χ0n) is 15.4. The van der Waals surface area contributed by atoms with Crippen molar-refractivity contribution >= 4 is 11.8 Å². The summed E-state index contributed by atoms with van der Waals surface area (Å²) in [5.74, 6) is 0.966. The van der Waals surface area contributed by atoms with E-state index in [9.17, 15) is 4.79 Å². The first kappa shape index (κ1) is 17.7. The summed E-state index contributed by atoms with van der Waals surface area (Å²) in [4.78, 5) is 12.3. The molecular formula is C19H22N4O3. The fraction of sp³-hybridized carbons (Fsp3) is 0.316. The molecule has 7 nitrogen and oxygen atoms in total. The van der Waals surface area contributed by atoms with Gasteiger partial charge in [0.05, 0.1) is 24.1 Å². The number of ether oxygens (including phenoxy) is 1. The summed E-state index contributed by atoms with van der Waals surface area (Å²) < 4.78 is 12.3. The molecule has 1 aromatic carbocycles. The molecule has 2 aromatic heterocycles. The molecule has 0 radical (unpaired) electrons. The van der Waals surface area contributed by atoms with Crippen LogP contribution in [0.1, 0.15) is 23.5 Å². The monoisotopic (exact) mass is 354 g/mol. The van der Waals surface area contributed by atoms with Gasteiger partial charge in [0.1, 0.15) is 5.75 Å². The van der Waals surface area contributed by atoms with E-state index in [0.717, 1.165) is 28.3 Å². The van der Waals surface area contributed by atoms with E-state index >= 15 is 0 Å². The van der Waals surface area contributed by atoms with Gasteiger partial charge in [-0.2, -0.15) is 5.10 Å². The molecule has 0 unspecified atom stereocenters. The minimum atomic E-state index is -0.150. The number of nitrogens with zero attached hydrogens (tertiary/aromatic N) is 3. The third-order valence-corrected chi connectivity index (χ3v) is 4.15. The summed E-state index contributed by atoms with van der Waals surface area (Å²) in [6, 6.07) is 9.51. The molecule has 1 amide bonds. The number of carbonyl (C=O) groups is 1. The van der Waals surface area contributed by atoms with Gasteiger partial charge >= 0.3 is 0 Å². The Kier molecular flexibility index (Phi) is 5.06. The van der Waals surface area contributed by atoms with Crippen LogP contribution < -0.4 is 10.1 Å². The number of carbonyl (C=O) groups excluding carboxylic acids is 1. The number of rotatable bonds is 6. The maximum atomic E-state index is 12.3. The van der Waals surface area contributed by atoms with E-state index in [2.05, 4.69) is 15.6 Å². The summed E-state index contributed by atoms with van der Waals surface area (Å²) >= 11 is 0. The lowest BCUT2D eigenvalue weighted by Gasteiger charge is -2.07. The second kappa shape index (κ2) is 7.43. The van der Waals surface area contributed by atoms with Gasteiger partial charge in [-0.25, -0.2) is 0 Å². The second-order valence-corrected chi connectivity index (χ2v) is 6.15. The Morgan fingerprint density at radius 1 is 1.23 bits per heavy atom. The van der Waals surface area contributed by atoms with Gasteiger partial charge in [-0.3, -0.25) is 14.8 Å². The molecule has 0 bridgehead atoms. The molecule has 2 heterocycles. The molecule has 3 aromatic rings. The molecule has 0 aliphatic rings. The van der Waals surface area contributed by atoms with Gasteiger partial charge in [-0.05, 0) is 44.5 Å². The molecule has 0 aliphatic heterocycles. The molecule has 136 valence electrons. The van der Waals surface area contributed by atoms with Crippen LogP contribution in [0.4, 0.5) is 5.88 Å². The quantitative estimate of drug-likeness (QED) is 0.732. The van der Waals surface area contributed by atoms with Crippen LogP contribution in [0.5, 0.6) is 5.75 Å². The zero-order valence-corrected chi connectivity index (χ0v) is 15.4. The summed E-state index contributed by atoms with van der Waals surface area (Å²) in [5.41, 5.74) is 4.36. The number of aromatic nitrogens is 3. The van der Waals surface area contributed by atoms with Crippen LogP contribution in [0.2, 0.25) is 0 Å². The highest BCUT2D eigenvalue weighted by atomic mass is 16.5. The zero-order chi connectivity index (χ0) is 18.7. The second-order valence-electron chi connectivity index (χ2n) is 6.15. The number of aryl methyl sites for hydroxylation is 4. The molecule has 0 fully saturated rings. The Morgan fingerprint density at radius 3 is 2.58 bits per heavy atom. The molecule has 0 saturated carbocycles. The van der Waals surface area contributed by atoms with E-state index < -0.39 is 0 Å². The Bertz CT molecular complexity index is 910. The summed E-state index contributed by atoms with van der Waals surface area (Å²) in [6.45, 7) is 6.26. The lowest BCUT2D eigenvalue weighted by atomic mass is 10.1. The van der Waals surface area contributed by atoms with Crippen LogP contribution >= 0.6 is 0 Å². The third kappa shape index (κ3) is 3.77. The fourth-order valence-electron chi connectivity index (χ4n) is 2.85. The van der Waals surface area contributed by atoms with Crippen LogP contribution in [-0.2, 0) is 11.3 Å². The number of benzene rings is 1. The van der Waals surface area contributed by atoms with E-state index in [0.29, 0.717) is 24.5 Å². The number of amides is 1. The van der Waals surface area contributed by atoms with Crippen LogP contribution in [0.25, 0.3) is 11.1 Å². The molecule has 26 heavy (non-hydrogen) atoms. The summed E-state index contributed by atoms with van der Waals surface area (Å²) in [7, 11) is 1.62. The van der Waals surface area contributed by atoms with Crippen molar-refractivity contribution < 1.29 is 14.1 Å². The van der Waals surface area contributed by atoms with Crippen LogP contribution in [-0.4, -0.2) is 28.0 Å². The number of anilines is 1. The lowest BCUT2D eigenvalue weighted by molar-refractivity contribution is -0.116. The number of hydrogen-bond acceptors (Lipinski definition) is 5. The Morgan fingerprint density at radius 2 is 1.96 bits per heavy atom. The topological polar surface area (TPSA) is 82.2 Å². The van der Waals surface area contributed by atoms with Gasteiger partial charge in [0.25, 0.3) is 0 Å². The highest BCUT2D eigenvalue weighted by Gasteiger charge is 2.17. The third-order valence-electron chi connectivity index (χ3n) is 4.15. The Balaban J connectivity index is 1.71. The highest BCUT2D eigenvalue weighted by molar-refractivity contribution is 5.93. The van der Waals surface area contributed by atoms with Crippen molar-refractivity contribution in [2.24, 2.45) is 0 Å². The van der Waals surface area contributed by atoms with Crippen molar-refractivity contribution in [1.29, 1.82) is 0 Å². The largest absolute Gasteiger partial charge is 0.497 e. The van der Waals surface area contributed by atoms with E-state index in [-0.39, 0.29) is 5.91 Å². The SMILES string of the molecule is COc1ccc(-c2c(C)noc2NC(=O)CCn2nc(C)cc2C)cc1. The molecule has 0 atom stereocenters. The number of nitrogens with one attached hydrogen (secondary N) is 1. The lowest BCUT2D eigenvalue weighted by Crippen LogP contribution is -2.15. The van der Waals surface area contributed by atoms with Crippen molar-refractivity contribution in [3.8, 4) is 16.9 Å². The molecule has 7 heteroatoms. The summed E-state index contributed by atoms with van der Waals surface area (Å²) in [6.07, 6.45) is 0.295. The highest BCUT2D eigenvalue weighted by Crippen LogP contribution is 2.32. The molecule has 3 rings (SSSR count). The molecule has 1 N–H and O–H groups in total. The number of hydrogen-bond donors (Lipinski definition) is 1. The molecular weight excluding hydrogens is 332 g/mol. The van der Waals surface area contributed by atoms with E-state index in [1.165, 1.54) is 0 Å². The van der Waals surface area contributed by atoms with Gasteiger partial charge in [-0.15, -0.1) is 0 Å². The van der Waals surface area contributed by atoms with Crippen LogP contribution in [0.3, 0.4) is 0 Å². The predicted octanol–water partition coefficient (Wildman–Crippen LogP) is 3.50. The van der Waals surface area contributed by atoms with Crippen LogP contribution in [0.15, 0.2) is 34.9 Å². The summed E-state index contributed by atoms with van der Waals surface area (Å²) in [5, 5.41) is 11.2. The smallest absolute Gasteiger partial charge is 0.239 e. The molecule has 0 spiro atoms. The van der Waals surface area contributed by atoms with Crippen molar-refractivity contribution in [1.82, 2.24) is 14.9 Å². The maximum absolute atomic E-state index is 12.3. The van der Waals surface area contributed by atoms with Crippen LogP contribution in [0, 0.1) is 20.8 Å². The van der Waals surface area contributed by atoms with Gasteiger partial charge in [0.2, 0.25) is 11.8 Å². The minimum Gasteiger partial charge on any atom is -0.497 e. The molecule has 0 aliphatic carbocycles. The standard InChI is InChI=1S/C19H22N4O3/c1-12-11-13(2)23(21-12)10-9-17(24)20-19-18(14(3)22-26-19)15-5-7-16(25-4)8-6-15/h5-8,11H,9-10H2,1-4H3,(H,20,24). The van der Waals surface area contributed by atoms with E-state index in [1.807, 2.05) is 55.8 Å². The van der Waals surface area contributed by atoms with Crippen molar-refractivity contribution in [2.75, 3.05) is 12.4 Å². The average molecular weight is 354 g/mol. The van der Waals surface area contributed by atoms with E-state index in [4.69, 9.17) is 9.26 Å². The van der Waals surface area contributed by atoms with Gasteiger partial charge in [0, 0.05) is 18.7 Å². The normalized spacial score (nSPS) is 10.8. The van der Waals surface area contributed by atoms with Crippen molar-refractivity contribution in [2.45, 2.75) is 33.7 Å². The number of methoxy groups -OCH3 is 1. The maximum Gasteiger partial charge on any atom is 0.239 e. The van der Waals surface area contributed by atoms with Gasteiger partial charge < -0.3 is 9.26 Å². The fourth-order valence-corrected chi connectivity index (χ4v) is 2.85. The van der Waals surface area contributed by atoms with E-state index in [1.54, 1.807) is 7.11 Å². The Hall–Kier alpha value is -3.09. The van der Waals surface area contributed by atoms with Crippen molar-refractivity contribution in [3.05, 3.63) is 47.4 Å². The van der Waals surface area contributed by atoms with Gasteiger partial charge in [0.15, 0.2) is 0 Å². The first-order valence-electron chi connectivity index (χ1n) is 8.39. The predicted molar refractivity (Wildman–Crippen MR) is 98.2 cm³/mol. The Labute approximate surface area is 151 Å². The van der Waals surface area contributed by atoms with Crippen molar-refractivity contribution in [3.63, 3.8) is 0 Å². The average Bonchev–Trinajstić information content (AvgIpc) is 3.14.